The molecule has 0 saturated carbocycles. The second kappa shape index (κ2) is 6.63. The first-order valence-corrected chi connectivity index (χ1v) is 8.88. The van der Waals surface area contributed by atoms with Gasteiger partial charge in [0.1, 0.15) is 0 Å². The highest BCUT2D eigenvalue weighted by atomic mass is 16.7. The first-order valence-electron chi connectivity index (χ1n) is 8.88. The molecule has 2 aliphatic rings. The van der Waals surface area contributed by atoms with Gasteiger partial charge in [-0.3, -0.25) is 0 Å². The van der Waals surface area contributed by atoms with E-state index in [4.69, 9.17) is 9.31 Å². The number of amides is 2. The molecule has 3 rings (SSSR count). The molecule has 7 heteroatoms. The number of anilines is 1. The van der Waals surface area contributed by atoms with Crippen molar-refractivity contribution in [3.05, 3.63) is 24.3 Å². The number of hydrogen-bond donors (Lipinski definition) is 1. The molecule has 0 radical (unpaired) electrons. The number of nitrogens with one attached hydrogen (secondary N) is 1. The van der Waals surface area contributed by atoms with Crippen LogP contribution in [-0.2, 0) is 9.31 Å². The van der Waals surface area contributed by atoms with E-state index in [0.717, 1.165) is 37.3 Å². The van der Waals surface area contributed by atoms with Crippen LogP contribution in [0.25, 0.3) is 0 Å². The summed E-state index contributed by atoms with van der Waals surface area (Å²) in [6.07, 6.45) is 0. The predicted octanol–water partition coefficient (Wildman–Crippen LogP) is 1.77. The molecule has 6 nitrogen and oxygen atoms in total. The van der Waals surface area contributed by atoms with Gasteiger partial charge in [-0.25, -0.2) is 4.79 Å². The van der Waals surface area contributed by atoms with Crippen LogP contribution in [0.3, 0.4) is 0 Å². The van der Waals surface area contributed by atoms with E-state index in [1.807, 2.05) is 56.9 Å². The van der Waals surface area contributed by atoms with Crippen LogP contribution in [0.1, 0.15) is 27.7 Å². The maximum atomic E-state index is 12.3. The Labute approximate surface area is 150 Å². The van der Waals surface area contributed by atoms with Gasteiger partial charge in [0.15, 0.2) is 0 Å². The van der Waals surface area contributed by atoms with Crippen molar-refractivity contribution in [2.24, 2.45) is 0 Å². The van der Waals surface area contributed by atoms with E-state index in [0.29, 0.717) is 0 Å². The second-order valence-electron chi connectivity index (χ2n) is 7.93. The van der Waals surface area contributed by atoms with Crippen molar-refractivity contribution in [2.45, 2.75) is 38.9 Å². The molecular formula is C18H28BN3O3. The minimum absolute atomic E-state index is 0.0449. The zero-order chi connectivity index (χ0) is 18.2. The lowest BCUT2D eigenvalue weighted by molar-refractivity contribution is 0.00578. The lowest BCUT2D eigenvalue weighted by Gasteiger charge is -2.32. The van der Waals surface area contributed by atoms with Gasteiger partial charge in [0, 0.05) is 31.9 Å². The van der Waals surface area contributed by atoms with Crippen molar-refractivity contribution >= 4 is 24.3 Å². The Morgan fingerprint density at radius 2 is 1.52 bits per heavy atom. The first kappa shape index (κ1) is 18.2. The smallest absolute Gasteiger partial charge is 0.399 e. The van der Waals surface area contributed by atoms with Crippen LogP contribution in [0.2, 0.25) is 0 Å². The van der Waals surface area contributed by atoms with Gasteiger partial charge in [0.05, 0.1) is 11.2 Å². The molecule has 2 fully saturated rings. The maximum Gasteiger partial charge on any atom is 0.494 e. The number of likely N-dealkylation sites (N-methyl/N-ethyl adjacent to an activating group) is 1. The highest BCUT2D eigenvalue weighted by Gasteiger charge is 2.51. The van der Waals surface area contributed by atoms with E-state index in [9.17, 15) is 4.79 Å². The summed E-state index contributed by atoms with van der Waals surface area (Å²) >= 11 is 0. The molecule has 136 valence electrons. The Morgan fingerprint density at radius 3 is 2.04 bits per heavy atom. The monoisotopic (exact) mass is 345 g/mol. The van der Waals surface area contributed by atoms with Gasteiger partial charge in [-0.05, 0) is 52.3 Å². The van der Waals surface area contributed by atoms with Crippen LogP contribution in [0.4, 0.5) is 10.5 Å². The zero-order valence-electron chi connectivity index (χ0n) is 15.8. The number of carbonyl (C=O) groups is 1. The number of rotatable bonds is 2. The van der Waals surface area contributed by atoms with Crippen LogP contribution in [0.15, 0.2) is 24.3 Å². The lowest BCUT2D eigenvalue weighted by Crippen LogP contribution is -2.48. The number of hydrogen-bond acceptors (Lipinski definition) is 4. The van der Waals surface area contributed by atoms with E-state index < -0.39 is 0 Å². The minimum atomic E-state index is -0.382. The fraction of sp³-hybridized carbons (Fsp3) is 0.611. The molecule has 0 unspecified atom stereocenters. The molecule has 0 aliphatic carbocycles. The van der Waals surface area contributed by atoms with Crippen molar-refractivity contribution in [3.8, 4) is 0 Å². The predicted molar refractivity (Wildman–Crippen MR) is 100 cm³/mol. The summed E-state index contributed by atoms with van der Waals surface area (Å²) in [7, 11) is 1.69. The molecule has 0 bridgehead atoms. The first-order chi connectivity index (χ1) is 11.7. The van der Waals surface area contributed by atoms with Crippen LogP contribution in [0.5, 0.6) is 0 Å². The van der Waals surface area contributed by atoms with E-state index in [2.05, 4.69) is 17.3 Å². The van der Waals surface area contributed by atoms with Gasteiger partial charge in [-0.2, -0.15) is 0 Å². The molecule has 1 aromatic carbocycles. The lowest BCUT2D eigenvalue weighted by atomic mass is 9.79. The zero-order valence-corrected chi connectivity index (χ0v) is 15.8. The highest BCUT2D eigenvalue weighted by Crippen LogP contribution is 2.36. The second-order valence-corrected chi connectivity index (χ2v) is 7.93. The third-order valence-electron chi connectivity index (χ3n) is 5.48. The molecule has 0 aromatic heterocycles. The van der Waals surface area contributed by atoms with Crippen LogP contribution in [-0.4, -0.2) is 67.4 Å². The summed E-state index contributed by atoms with van der Waals surface area (Å²) in [5, 5.41) is 2.96. The summed E-state index contributed by atoms with van der Waals surface area (Å²) in [6.45, 7) is 11.5. The van der Waals surface area contributed by atoms with Crippen molar-refractivity contribution in [2.75, 3.05) is 38.5 Å². The highest BCUT2D eigenvalue weighted by molar-refractivity contribution is 6.62. The minimum Gasteiger partial charge on any atom is -0.399 e. The molecule has 2 amide bonds. The Balaban J connectivity index is 1.60. The van der Waals surface area contributed by atoms with Gasteiger partial charge in [0.2, 0.25) is 0 Å². The molecule has 1 N–H and O–H groups in total. The molecule has 25 heavy (non-hydrogen) atoms. The van der Waals surface area contributed by atoms with E-state index in [1.54, 1.807) is 0 Å². The molecule has 1 aromatic rings. The average molecular weight is 345 g/mol. The van der Waals surface area contributed by atoms with Gasteiger partial charge >= 0.3 is 13.1 Å². The number of carbonyl (C=O) groups excluding carboxylic acids is 1. The maximum absolute atomic E-state index is 12.3. The quantitative estimate of drug-likeness (QED) is 0.830. The summed E-state index contributed by atoms with van der Waals surface area (Å²) in [4.78, 5) is 16.4. The Kier molecular flexibility index (Phi) is 4.83. The summed E-state index contributed by atoms with van der Waals surface area (Å²) in [6, 6.07) is 7.64. The molecule has 0 spiro atoms. The standard InChI is InChI=1S/C18H28BN3O3/c1-17(2)18(3,4)25-19(24-17)14-6-8-15(9-7-14)20-16(23)22-12-10-21(5)11-13-22/h6-9H,10-13H2,1-5H3,(H,20,23). The number of urea groups is 1. The molecular weight excluding hydrogens is 317 g/mol. The molecule has 2 saturated heterocycles. The van der Waals surface area contributed by atoms with Crippen molar-refractivity contribution in [1.29, 1.82) is 0 Å². The van der Waals surface area contributed by atoms with Gasteiger partial charge < -0.3 is 24.4 Å². The van der Waals surface area contributed by atoms with Crippen LogP contribution < -0.4 is 10.8 Å². The SMILES string of the molecule is CN1CCN(C(=O)Nc2ccc(B3OC(C)(C)C(C)(C)O3)cc2)CC1. The van der Waals surface area contributed by atoms with Crippen molar-refractivity contribution < 1.29 is 14.1 Å². The van der Waals surface area contributed by atoms with Gasteiger partial charge in [0.25, 0.3) is 0 Å². The topological polar surface area (TPSA) is 54.0 Å². The summed E-state index contributed by atoms with van der Waals surface area (Å²) in [5.41, 5.74) is 1.03. The third kappa shape index (κ3) is 3.83. The number of benzene rings is 1. The molecule has 0 atom stereocenters. The van der Waals surface area contributed by atoms with Crippen LogP contribution >= 0.6 is 0 Å². The van der Waals surface area contributed by atoms with Gasteiger partial charge in [-0.15, -0.1) is 0 Å². The van der Waals surface area contributed by atoms with Crippen molar-refractivity contribution in [1.82, 2.24) is 9.80 Å². The largest absolute Gasteiger partial charge is 0.494 e. The Morgan fingerprint density at radius 1 is 1.00 bits per heavy atom. The van der Waals surface area contributed by atoms with E-state index >= 15 is 0 Å². The third-order valence-corrected chi connectivity index (χ3v) is 5.48. The average Bonchev–Trinajstić information content (AvgIpc) is 2.76. The number of nitrogens with zero attached hydrogens (tertiary/aromatic N) is 2. The van der Waals surface area contributed by atoms with Crippen LogP contribution in [0, 0.1) is 0 Å². The fourth-order valence-corrected chi connectivity index (χ4v) is 2.91. The molecule has 2 aliphatic heterocycles. The Bertz CT molecular complexity index is 609. The van der Waals surface area contributed by atoms with Crippen molar-refractivity contribution in [3.63, 3.8) is 0 Å². The van der Waals surface area contributed by atoms with E-state index in [-0.39, 0.29) is 24.4 Å². The fourth-order valence-electron chi connectivity index (χ4n) is 2.91. The molecule has 2 heterocycles. The van der Waals surface area contributed by atoms with E-state index in [1.165, 1.54) is 0 Å². The normalized spacial score (nSPS) is 22.9. The van der Waals surface area contributed by atoms with Gasteiger partial charge in [-0.1, -0.05) is 12.1 Å². The Hall–Kier alpha value is -1.57. The summed E-state index contributed by atoms with van der Waals surface area (Å²) < 4.78 is 12.1. The summed E-state index contributed by atoms with van der Waals surface area (Å²) in [5.74, 6) is 0. The number of piperazine rings is 1.